The Morgan fingerprint density at radius 2 is 1.77 bits per heavy atom. The molecule has 2 atom stereocenters. The topological polar surface area (TPSA) is 43.9 Å². The number of nitrogens with zero attached hydrogens (tertiary/aromatic N) is 3. The summed E-state index contributed by atoms with van der Waals surface area (Å²) in [5.74, 6) is -0.0745. The van der Waals surface area contributed by atoms with Crippen LogP contribution in [0.1, 0.15) is 30.5 Å². The minimum atomic E-state index is -0.247. The molecule has 0 bridgehead atoms. The van der Waals surface area contributed by atoms with E-state index in [1.54, 1.807) is 0 Å². The molecule has 5 nitrogen and oxygen atoms in total. The second-order valence-corrected chi connectivity index (χ2v) is 8.71. The number of amides is 2. The zero-order valence-electron chi connectivity index (χ0n) is 17.6. The van der Waals surface area contributed by atoms with Crippen molar-refractivity contribution in [3.05, 3.63) is 64.7 Å². The van der Waals surface area contributed by atoms with Gasteiger partial charge >= 0.3 is 0 Å². The first-order chi connectivity index (χ1) is 14.4. The summed E-state index contributed by atoms with van der Waals surface area (Å²) in [5, 5.41) is 0.728. The number of anilines is 1. The fourth-order valence-corrected chi connectivity index (χ4v) is 4.70. The molecule has 2 heterocycles. The molecule has 0 spiro atoms. The zero-order chi connectivity index (χ0) is 21.3. The molecule has 30 heavy (non-hydrogen) atoms. The van der Waals surface area contributed by atoms with E-state index in [1.807, 2.05) is 65.3 Å². The summed E-state index contributed by atoms with van der Waals surface area (Å²) in [6.45, 7) is 7.51. The Labute approximate surface area is 183 Å². The lowest BCUT2D eigenvalue weighted by molar-refractivity contribution is -0.136. The van der Waals surface area contributed by atoms with Crippen LogP contribution in [0.25, 0.3) is 0 Å². The molecule has 0 radical (unpaired) electrons. The number of piperazine rings is 1. The highest BCUT2D eigenvalue weighted by molar-refractivity contribution is 6.30. The second kappa shape index (κ2) is 8.68. The number of carbonyl (C=O) groups is 2. The highest BCUT2D eigenvalue weighted by atomic mass is 35.5. The maximum absolute atomic E-state index is 13.1. The fraction of sp³-hybridized carbons (Fsp3) is 0.417. The van der Waals surface area contributed by atoms with E-state index in [2.05, 4.69) is 11.8 Å². The average Bonchev–Trinajstić information content (AvgIpc) is 3.16. The van der Waals surface area contributed by atoms with Gasteiger partial charge in [-0.25, -0.2) is 0 Å². The molecule has 0 aromatic heterocycles. The molecule has 2 aliphatic heterocycles. The summed E-state index contributed by atoms with van der Waals surface area (Å²) in [4.78, 5) is 31.8. The molecule has 0 aliphatic carbocycles. The summed E-state index contributed by atoms with van der Waals surface area (Å²) in [7, 11) is 0. The third kappa shape index (κ3) is 4.17. The van der Waals surface area contributed by atoms with Gasteiger partial charge in [0.05, 0.1) is 12.0 Å². The van der Waals surface area contributed by atoms with Crippen molar-refractivity contribution >= 4 is 29.1 Å². The van der Waals surface area contributed by atoms with Crippen LogP contribution < -0.4 is 4.90 Å². The predicted octanol–water partition coefficient (Wildman–Crippen LogP) is 3.91. The van der Waals surface area contributed by atoms with Gasteiger partial charge in [-0.3, -0.25) is 9.59 Å². The van der Waals surface area contributed by atoms with Crippen LogP contribution in [0, 0.1) is 12.8 Å². The lowest BCUT2D eigenvalue weighted by Crippen LogP contribution is -2.50. The van der Waals surface area contributed by atoms with Crippen LogP contribution in [-0.2, 0) is 9.59 Å². The number of hydrogen-bond donors (Lipinski definition) is 0. The Morgan fingerprint density at radius 1 is 1.07 bits per heavy atom. The first-order valence-corrected chi connectivity index (χ1v) is 11.0. The molecule has 2 aromatic carbocycles. The van der Waals surface area contributed by atoms with E-state index in [1.165, 1.54) is 5.56 Å². The SMILES string of the molecule is Cc1ccc(Cl)cc1N1CCN(C(=O)[C@@H]2CC(=O)N([C@H](C)c3ccccc3)C2)CC1. The highest BCUT2D eigenvalue weighted by Crippen LogP contribution is 2.30. The Kier molecular flexibility index (Phi) is 6.00. The van der Waals surface area contributed by atoms with Crippen LogP contribution in [0.3, 0.4) is 0 Å². The molecule has 0 unspecified atom stereocenters. The molecule has 0 N–H and O–H groups in total. The van der Waals surface area contributed by atoms with Crippen LogP contribution >= 0.6 is 11.6 Å². The molecule has 2 aromatic rings. The van der Waals surface area contributed by atoms with Crippen molar-refractivity contribution in [3.63, 3.8) is 0 Å². The first kappa shape index (κ1) is 20.7. The minimum absolute atomic E-state index is 0.0147. The molecule has 0 saturated carbocycles. The van der Waals surface area contributed by atoms with Crippen molar-refractivity contribution in [1.82, 2.24) is 9.80 Å². The maximum Gasteiger partial charge on any atom is 0.228 e. The van der Waals surface area contributed by atoms with Crippen LogP contribution in [0.15, 0.2) is 48.5 Å². The number of benzene rings is 2. The summed E-state index contributed by atoms with van der Waals surface area (Å²) in [5.41, 5.74) is 3.42. The number of rotatable bonds is 4. The smallest absolute Gasteiger partial charge is 0.228 e. The molecule has 6 heteroatoms. The van der Waals surface area contributed by atoms with Gasteiger partial charge in [0.25, 0.3) is 0 Å². The standard InChI is InChI=1S/C24H28ClN3O2/c1-17-8-9-21(25)15-22(17)26-10-12-27(13-11-26)24(30)20-14-23(29)28(16-20)18(2)19-6-4-3-5-7-19/h3-9,15,18,20H,10-14,16H2,1-2H3/t18-,20-/m1/s1. The summed E-state index contributed by atoms with van der Waals surface area (Å²) >= 11 is 6.17. The molecule has 2 saturated heterocycles. The van der Waals surface area contributed by atoms with Gasteiger partial charge in [-0.2, -0.15) is 0 Å². The first-order valence-electron chi connectivity index (χ1n) is 10.6. The number of aryl methyl sites for hydroxylation is 1. The van der Waals surface area contributed by atoms with E-state index in [0.29, 0.717) is 26.1 Å². The summed E-state index contributed by atoms with van der Waals surface area (Å²) in [6, 6.07) is 15.9. The number of likely N-dealkylation sites (tertiary alicyclic amines) is 1. The van der Waals surface area contributed by atoms with Crippen LogP contribution in [0.5, 0.6) is 0 Å². The Hall–Kier alpha value is -2.53. The van der Waals surface area contributed by atoms with Gasteiger partial charge in [-0.1, -0.05) is 48.0 Å². The van der Waals surface area contributed by atoms with Gasteiger partial charge in [-0.15, -0.1) is 0 Å². The second-order valence-electron chi connectivity index (χ2n) is 8.28. The quantitative estimate of drug-likeness (QED) is 0.746. The average molecular weight is 426 g/mol. The number of hydrogen-bond acceptors (Lipinski definition) is 3. The maximum atomic E-state index is 13.1. The lowest BCUT2D eigenvalue weighted by atomic mass is 10.1. The van der Waals surface area contributed by atoms with Crippen molar-refractivity contribution in [2.45, 2.75) is 26.3 Å². The Balaban J connectivity index is 1.37. The van der Waals surface area contributed by atoms with Crippen LogP contribution in [0.4, 0.5) is 5.69 Å². The fourth-order valence-electron chi connectivity index (χ4n) is 4.53. The minimum Gasteiger partial charge on any atom is -0.368 e. The zero-order valence-corrected chi connectivity index (χ0v) is 18.3. The van der Waals surface area contributed by atoms with Crippen molar-refractivity contribution in [1.29, 1.82) is 0 Å². The van der Waals surface area contributed by atoms with Gasteiger partial charge in [0.15, 0.2) is 0 Å². The number of halogens is 1. The summed E-state index contributed by atoms with van der Waals surface area (Å²) < 4.78 is 0. The molecule has 158 valence electrons. The third-order valence-electron chi connectivity index (χ3n) is 6.36. The van der Waals surface area contributed by atoms with Crippen LogP contribution in [-0.4, -0.2) is 54.3 Å². The predicted molar refractivity (Wildman–Crippen MR) is 120 cm³/mol. The normalized spacial score (nSPS) is 20.6. The van der Waals surface area contributed by atoms with E-state index in [9.17, 15) is 9.59 Å². The van der Waals surface area contributed by atoms with Crippen molar-refractivity contribution < 1.29 is 9.59 Å². The number of carbonyl (C=O) groups excluding carboxylic acids is 2. The van der Waals surface area contributed by atoms with Gasteiger partial charge in [0.2, 0.25) is 11.8 Å². The van der Waals surface area contributed by atoms with E-state index < -0.39 is 0 Å². The van der Waals surface area contributed by atoms with Crippen LogP contribution in [0.2, 0.25) is 5.02 Å². The molecule has 2 fully saturated rings. The van der Waals surface area contributed by atoms with Gasteiger partial charge < -0.3 is 14.7 Å². The van der Waals surface area contributed by atoms with Gasteiger partial charge in [0.1, 0.15) is 0 Å². The van der Waals surface area contributed by atoms with Crippen molar-refractivity contribution in [2.75, 3.05) is 37.6 Å². The Bertz CT molecular complexity index is 925. The van der Waals surface area contributed by atoms with E-state index in [4.69, 9.17) is 11.6 Å². The molecular formula is C24H28ClN3O2. The van der Waals surface area contributed by atoms with Gasteiger partial charge in [-0.05, 0) is 37.1 Å². The van der Waals surface area contributed by atoms with E-state index in [-0.39, 0.29) is 23.8 Å². The third-order valence-corrected chi connectivity index (χ3v) is 6.60. The molecule has 4 rings (SSSR count). The van der Waals surface area contributed by atoms with Gasteiger partial charge in [0, 0.05) is 49.9 Å². The summed E-state index contributed by atoms with van der Waals surface area (Å²) in [6.07, 6.45) is 0.309. The van der Waals surface area contributed by atoms with E-state index >= 15 is 0 Å². The molecular weight excluding hydrogens is 398 g/mol. The van der Waals surface area contributed by atoms with Crippen molar-refractivity contribution in [3.8, 4) is 0 Å². The van der Waals surface area contributed by atoms with E-state index in [0.717, 1.165) is 29.4 Å². The lowest BCUT2D eigenvalue weighted by Gasteiger charge is -2.38. The largest absolute Gasteiger partial charge is 0.368 e. The monoisotopic (exact) mass is 425 g/mol. The molecule has 2 amide bonds. The highest BCUT2D eigenvalue weighted by Gasteiger charge is 2.39. The molecule has 2 aliphatic rings. The Morgan fingerprint density at radius 3 is 2.47 bits per heavy atom. The van der Waals surface area contributed by atoms with Crippen molar-refractivity contribution in [2.24, 2.45) is 5.92 Å².